The highest BCUT2D eigenvalue weighted by Crippen LogP contribution is 2.17. The Morgan fingerprint density at radius 1 is 1.19 bits per heavy atom. The molecule has 0 aromatic heterocycles. The number of methoxy groups -OCH3 is 1. The Morgan fingerprint density at radius 2 is 1.81 bits per heavy atom. The van der Waals surface area contributed by atoms with Crippen LogP contribution in [0.1, 0.15) is 11.1 Å². The van der Waals surface area contributed by atoms with Gasteiger partial charge >= 0.3 is 0 Å². The fourth-order valence-electron chi connectivity index (χ4n) is 2.89. The summed E-state index contributed by atoms with van der Waals surface area (Å²) in [5.41, 5.74) is 8.88. The van der Waals surface area contributed by atoms with Crippen molar-refractivity contribution in [2.45, 2.75) is 19.9 Å². The minimum absolute atomic E-state index is 0. The van der Waals surface area contributed by atoms with Crippen LogP contribution in [-0.2, 0) is 14.3 Å². The van der Waals surface area contributed by atoms with Crippen molar-refractivity contribution in [3.63, 3.8) is 0 Å². The molecule has 1 atom stereocenters. The molecule has 2 rings (SSSR count). The summed E-state index contributed by atoms with van der Waals surface area (Å²) in [5, 5.41) is 2.97. The highest BCUT2D eigenvalue weighted by atomic mass is 35.5. The van der Waals surface area contributed by atoms with Crippen LogP contribution in [0.25, 0.3) is 0 Å². The van der Waals surface area contributed by atoms with E-state index in [-0.39, 0.29) is 43.2 Å². The van der Waals surface area contributed by atoms with E-state index in [1.165, 1.54) is 7.11 Å². The van der Waals surface area contributed by atoms with Gasteiger partial charge in [-0.25, -0.2) is 0 Å². The summed E-state index contributed by atoms with van der Waals surface area (Å²) in [6.45, 7) is 7.03. The number of nitrogens with two attached hydrogens (primary N) is 1. The van der Waals surface area contributed by atoms with Crippen LogP contribution in [0.15, 0.2) is 18.2 Å². The van der Waals surface area contributed by atoms with Gasteiger partial charge in [0, 0.05) is 39.0 Å². The maximum atomic E-state index is 12.3. The molecule has 1 aliphatic heterocycles. The van der Waals surface area contributed by atoms with Gasteiger partial charge in [0.1, 0.15) is 6.04 Å². The van der Waals surface area contributed by atoms with Crippen LogP contribution in [0.4, 0.5) is 5.69 Å². The van der Waals surface area contributed by atoms with Crippen molar-refractivity contribution in [2.24, 2.45) is 5.73 Å². The standard InChI is InChI=1S/C18H28N4O3.2ClH/c1-13-5-4-6-16(14(13)2)20-17(23)11-21-7-9-22(10-8-21)18(24)15(19)12-25-3;;/h4-6,15H,7-12,19H2,1-3H3,(H,20,23);2*1H. The van der Waals surface area contributed by atoms with E-state index in [1.54, 1.807) is 4.90 Å². The SMILES string of the molecule is COCC(N)C(=O)N1CCN(CC(=O)Nc2cccc(C)c2C)CC1.Cl.Cl. The second kappa shape index (κ2) is 12.2. The molecule has 1 fully saturated rings. The number of ether oxygens (including phenoxy) is 1. The molecule has 1 heterocycles. The average Bonchev–Trinajstić information content (AvgIpc) is 2.59. The number of carbonyl (C=O) groups excluding carboxylic acids is 2. The third kappa shape index (κ3) is 7.27. The highest BCUT2D eigenvalue weighted by molar-refractivity contribution is 5.93. The van der Waals surface area contributed by atoms with Crippen LogP contribution in [0.3, 0.4) is 0 Å². The summed E-state index contributed by atoms with van der Waals surface area (Å²) in [6.07, 6.45) is 0. The Morgan fingerprint density at radius 3 is 2.41 bits per heavy atom. The minimum Gasteiger partial charge on any atom is -0.383 e. The molecule has 1 aromatic carbocycles. The second-order valence-corrected chi connectivity index (χ2v) is 6.46. The molecule has 1 saturated heterocycles. The number of halogens is 2. The van der Waals surface area contributed by atoms with E-state index in [9.17, 15) is 9.59 Å². The Labute approximate surface area is 173 Å². The first-order valence-electron chi connectivity index (χ1n) is 8.54. The van der Waals surface area contributed by atoms with Crippen molar-refractivity contribution in [2.75, 3.05) is 51.8 Å². The largest absolute Gasteiger partial charge is 0.383 e. The van der Waals surface area contributed by atoms with E-state index in [0.717, 1.165) is 16.8 Å². The number of aryl methyl sites for hydroxylation is 1. The third-order valence-electron chi connectivity index (χ3n) is 4.59. The monoisotopic (exact) mass is 420 g/mol. The van der Waals surface area contributed by atoms with Gasteiger partial charge in [0.05, 0.1) is 13.2 Å². The molecule has 27 heavy (non-hydrogen) atoms. The van der Waals surface area contributed by atoms with Crippen molar-refractivity contribution < 1.29 is 14.3 Å². The lowest BCUT2D eigenvalue weighted by molar-refractivity contribution is -0.135. The lowest BCUT2D eigenvalue weighted by atomic mass is 10.1. The minimum atomic E-state index is -0.621. The van der Waals surface area contributed by atoms with E-state index >= 15 is 0 Å². The molecule has 154 valence electrons. The van der Waals surface area contributed by atoms with Gasteiger partial charge in [0.15, 0.2) is 0 Å². The van der Waals surface area contributed by atoms with Gasteiger partial charge in [0.25, 0.3) is 0 Å². The zero-order chi connectivity index (χ0) is 18.4. The molecule has 3 N–H and O–H groups in total. The molecule has 1 aliphatic rings. The predicted octanol–water partition coefficient (Wildman–Crippen LogP) is 1.20. The lowest BCUT2D eigenvalue weighted by Crippen LogP contribution is -2.55. The predicted molar refractivity (Wildman–Crippen MR) is 112 cm³/mol. The highest BCUT2D eigenvalue weighted by Gasteiger charge is 2.26. The molecule has 7 nitrogen and oxygen atoms in total. The Bertz CT molecular complexity index is 623. The maximum absolute atomic E-state index is 12.3. The topological polar surface area (TPSA) is 87.9 Å². The van der Waals surface area contributed by atoms with Crippen molar-refractivity contribution in [3.05, 3.63) is 29.3 Å². The van der Waals surface area contributed by atoms with Crippen molar-refractivity contribution in [1.82, 2.24) is 9.80 Å². The first-order valence-corrected chi connectivity index (χ1v) is 8.54. The molecule has 1 aromatic rings. The number of benzene rings is 1. The molecule has 0 spiro atoms. The number of hydrogen-bond acceptors (Lipinski definition) is 5. The summed E-state index contributed by atoms with van der Waals surface area (Å²) in [4.78, 5) is 28.2. The molecule has 1 unspecified atom stereocenters. The second-order valence-electron chi connectivity index (χ2n) is 6.46. The van der Waals surface area contributed by atoms with Gasteiger partial charge in [-0.15, -0.1) is 24.8 Å². The van der Waals surface area contributed by atoms with Gasteiger partial charge in [-0.05, 0) is 31.0 Å². The van der Waals surface area contributed by atoms with Crippen molar-refractivity contribution in [1.29, 1.82) is 0 Å². The lowest BCUT2D eigenvalue weighted by Gasteiger charge is -2.35. The average molecular weight is 421 g/mol. The number of carbonyl (C=O) groups is 2. The fourth-order valence-corrected chi connectivity index (χ4v) is 2.89. The van der Waals surface area contributed by atoms with Crippen LogP contribution in [0, 0.1) is 13.8 Å². The Balaban J connectivity index is 0.00000338. The molecular formula is C18H30Cl2N4O3. The van der Waals surface area contributed by atoms with Crippen LogP contribution in [0.5, 0.6) is 0 Å². The van der Waals surface area contributed by atoms with E-state index in [0.29, 0.717) is 32.7 Å². The number of anilines is 1. The van der Waals surface area contributed by atoms with E-state index in [2.05, 4.69) is 5.32 Å². The first-order chi connectivity index (χ1) is 11.9. The first kappa shape index (κ1) is 25.6. The normalized spacial score (nSPS) is 15.3. The quantitative estimate of drug-likeness (QED) is 0.721. The molecule has 0 saturated carbocycles. The fraction of sp³-hybridized carbons (Fsp3) is 0.556. The molecule has 0 radical (unpaired) electrons. The number of piperazine rings is 1. The zero-order valence-electron chi connectivity index (χ0n) is 16.1. The van der Waals surface area contributed by atoms with Crippen LogP contribution >= 0.6 is 24.8 Å². The maximum Gasteiger partial charge on any atom is 0.241 e. The molecular weight excluding hydrogens is 391 g/mol. The van der Waals surface area contributed by atoms with Crippen LogP contribution < -0.4 is 11.1 Å². The summed E-state index contributed by atoms with van der Waals surface area (Å²) >= 11 is 0. The number of hydrogen-bond donors (Lipinski definition) is 2. The summed E-state index contributed by atoms with van der Waals surface area (Å²) in [5.74, 6) is -0.133. The number of nitrogens with one attached hydrogen (secondary N) is 1. The van der Waals surface area contributed by atoms with Gasteiger partial charge in [-0.1, -0.05) is 12.1 Å². The van der Waals surface area contributed by atoms with Crippen LogP contribution in [0.2, 0.25) is 0 Å². The molecule has 0 aliphatic carbocycles. The van der Waals surface area contributed by atoms with E-state index in [4.69, 9.17) is 10.5 Å². The van der Waals surface area contributed by atoms with Gasteiger partial charge in [-0.2, -0.15) is 0 Å². The Hall–Kier alpha value is -1.38. The summed E-state index contributed by atoms with van der Waals surface area (Å²) in [6, 6.07) is 5.25. The zero-order valence-corrected chi connectivity index (χ0v) is 17.7. The summed E-state index contributed by atoms with van der Waals surface area (Å²) < 4.78 is 4.93. The molecule has 9 heteroatoms. The Kier molecular flexibility index (Phi) is 11.5. The van der Waals surface area contributed by atoms with Gasteiger partial charge < -0.3 is 20.7 Å². The van der Waals surface area contributed by atoms with Gasteiger partial charge in [-0.3, -0.25) is 14.5 Å². The number of amides is 2. The van der Waals surface area contributed by atoms with Crippen LogP contribution in [-0.4, -0.2) is 74.1 Å². The summed E-state index contributed by atoms with van der Waals surface area (Å²) in [7, 11) is 1.53. The molecule has 2 amide bonds. The molecule has 0 bridgehead atoms. The number of rotatable bonds is 6. The van der Waals surface area contributed by atoms with E-state index in [1.807, 2.05) is 36.9 Å². The number of nitrogens with zero attached hydrogens (tertiary/aromatic N) is 2. The van der Waals surface area contributed by atoms with Crippen molar-refractivity contribution >= 4 is 42.3 Å². The third-order valence-corrected chi connectivity index (χ3v) is 4.59. The smallest absolute Gasteiger partial charge is 0.241 e. The van der Waals surface area contributed by atoms with Crippen molar-refractivity contribution in [3.8, 4) is 0 Å². The van der Waals surface area contributed by atoms with Gasteiger partial charge in [0.2, 0.25) is 11.8 Å². The van der Waals surface area contributed by atoms with E-state index < -0.39 is 6.04 Å².